The van der Waals surface area contributed by atoms with Gasteiger partial charge in [0.1, 0.15) is 11.3 Å². The predicted octanol–water partition coefficient (Wildman–Crippen LogP) is 3.33. The summed E-state index contributed by atoms with van der Waals surface area (Å²) in [6.07, 6.45) is 0.594. The minimum absolute atomic E-state index is 0.594. The van der Waals surface area contributed by atoms with Gasteiger partial charge in [0.05, 0.1) is 5.41 Å². The summed E-state index contributed by atoms with van der Waals surface area (Å²) in [5.74, 6) is 0.153. The summed E-state index contributed by atoms with van der Waals surface area (Å²) in [7, 11) is 0. The molecule has 0 fully saturated rings. The second-order valence-corrected chi connectivity index (χ2v) is 5.75. The summed E-state index contributed by atoms with van der Waals surface area (Å²) in [6, 6.07) is 7.95. The second-order valence-electron chi connectivity index (χ2n) is 5.75. The van der Waals surface area contributed by atoms with E-state index >= 15 is 0 Å². The fraction of sp³-hybridized carbons (Fsp3) is 0.438. The number of carboxylic acids is 1. The van der Waals surface area contributed by atoms with Crippen LogP contribution in [0.4, 0.5) is 0 Å². The highest BCUT2D eigenvalue weighted by molar-refractivity contribution is 5.82. The molecule has 1 heterocycles. The summed E-state index contributed by atoms with van der Waals surface area (Å²) < 4.78 is 5.70. The van der Waals surface area contributed by atoms with Crippen LogP contribution >= 0.6 is 0 Å². The van der Waals surface area contributed by atoms with Gasteiger partial charge in [-0.15, -0.1) is 0 Å². The summed E-state index contributed by atoms with van der Waals surface area (Å²) in [5, 5.41) is 13.5. The molecule has 0 bridgehead atoms. The van der Waals surface area contributed by atoms with Gasteiger partial charge in [0.15, 0.2) is 0 Å². The highest BCUT2D eigenvalue weighted by Crippen LogP contribution is 2.25. The molecule has 0 aliphatic rings. The largest absolute Gasteiger partial charge is 0.481 e. The van der Waals surface area contributed by atoms with E-state index in [-0.39, 0.29) is 0 Å². The Bertz CT molecular complexity index is 613. The zero-order valence-corrected chi connectivity index (χ0v) is 12.2. The average Bonchev–Trinajstić information content (AvgIpc) is 2.70. The molecule has 0 spiro atoms. The van der Waals surface area contributed by atoms with Gasteiger partial charge in [-0.05, 0) is 39.8 Å². The van der Waals surface area contributed by atoms with E-state index in [1.54, 1.807) is 13.8 Å². The maximum absolute atomic E-state index is 11.0. The first-order chi connectivity index (χ1) is 9.42. The third-order valence-corrected chi connectivity index (χ3v) is 3.71. The first kappa shape index (κ1) is 14.6. The normalized spacial score (nSPS) is 11.9. The highest BCUT2D eigenvalue weighted by Gasteiger charge is 2.26. The zero-order valence-electron chi connectivity index (χ0n) is 12.2. The van der Waals surface area contributed by atoms with Crippen LogP contribution in [0.5, 0.6) is 0 Å². The summed E-state index contributed by atoms with van der Waals surface area (Å²) in [5.41, 5.74) is 1.35. The lowest BCUT2D eigenvalue weighted by Crippen LogP contribution is -2.28. The molecule has 108 valence electrons. The van der Waals surface area contributed by atoms with E-state index in [4.69, 9.17) is 9.52 Å². The number of carbonyl (C=O) groups is 1. The Morgan fingerprint density at radius 1 is 1.35 bits per heavy atom. The quantitative estimate of drug-likeness (QED) is 0.794. The Labute approximate surface area is 118 Å². The van der Waals surface area contributed by atoms with Crippen LogP contribution in [0.3, 0.4) is 0 Å². The second kappa shape index (κ2) is 5.67. The first-order valence-corrected chi connectivity index (χ1v) is 6.83. The maximum atomic E-state index is 11.0. The van der Waals surface area contributed by atoms with Crippen molar-refractivity contribution < 1.29 is 14.3 Å². The van der Waals surface area contributed by atoms with E-state index in [1.807, 2.05) is 31.2 Å². The first-order valence-electron chi connectivity index (χ1n) is 6.83. The summed E-state index contributed by atoms with van der Waals surface area (Å²) >= 11 is 0. The van der Waals surface area contributed by atoms with Crippen molar-refractivity contribution >= 4 is 16.9 Å². The van der Waals surface area contributed by atoms with Gasteiger partial charge in [0.2, 0.25) is 0 Å². The van der Waals surface area contributed by atoms with E-state index in [9.17, 15) is 4.79 Å². The minimum Gasteiger partial charge on any atom is -0.481 e. The number of fused-ring (bicyclic) bond motifs is 1. The van der Waals surface area contributed by atoms with Crippen molar-refractivity contribution in [1.29, 1.82) is 0 Å². The summed E-state index contributed by atoms with van der Waals surface area (Å²) in [6.45, 7) is 6.81. The molecule has 2 N–H and O–H groups in total. The molecule has 2 rings (SSSR count). The van der Waals surface area contributed by atoms with Gasteiger partial charge in [0, 0.05) is 17.5 Å². The van der Waals surface area contributed by atoms with Crippen LogP contribution in [-0.2, 0) is 11.3 Å². The van der Waals surface area contributed by atoms with Crippen molar-refractivity contribution in [3.8, 4) is 0 Å². The Kier molecular flexibility index (Phi) is 4.14. The molecule has 4 nitrogen and oxygen atoms in total. The predicted molar refractivity (Wildman–Crippen MR) is 78.7 cm³/mol. The molecular formula is C16H21NO3. The number of hydrogen-bond donors (Lipinski definition) is 2. The Balaban J connectivity index is 1.97. The van der Waals surface area contributed by atoms with Gasteiger partial charge >= 0.3 is 5.97 Å². The molecule has 1 aromatic heterocycles. The molecule has 1 aromatic carbocycles. The maximum Gasteiger partial charge on any atom is 0.309 e. The van der Waals surface area contributed by atoms with Crippen LogP contribution in [-0.4, -0.2) is 17.6 Å². The van der Waals surface area contributed by atoms with Crippen molar-refractivity contribution in [3.05, 3.63) is 35.6 Å². The van der Waals surface area contributed by atoms with E-state index in [0.29, 0.717) is 19.5 Å². The monoisotopic (exact) mass is 275 g/mol. The molecule has 0 saturated heterocycles. The highest BCUT2D eigenvalue weighted by atomic mass is 16.4. The van der Waals surface area contributed by atoms with Crippen LogP contribution < -0.4 is 5.32 Å². The molecule has 4 heteroatoms. The number of furan rings is 1. The van der Waals surface area contributed by atoms with Crippen molar-refractivity contribution in [2.24, 2.45) is 5.41 Å². The van der Waals surface area contributed by atoms with Gasteiger partial charge in [-0.3, -0.25) is 4.79 Å². The van der Waals surface area contributed by atoms with E-state index in [1.165, 1.54) is 0 Å². The zero-order chi connectivity index (χ0) is 14.8. The molecule has 0 amide bonds. The van der Waals surface area contributed by atoms with E-state index in [2.05, 4.69) is 5.32 Å². The standard InChI is InChI=1S/C16H21NO3/c1-11-13(12-6-4-5-7-14(12)20-11)10-17-9-8-16(2,3)15(18)19/h4-7,17H,8-10H2,1-3H3,(H,18,19). The topological polar surface area (TPSA) is 62.5 Å². The third kappa shape index (κ3) is 3.02. The number of aryl methyl sites for hydroxylation is 1. The van der Waals surface area contributed by atoms with Crippen LogP contribution in [0.2, 0.25) is 0 Å². The van der Waals surface area contributed by atoms with E-state index < -0.39 is 11.4 Å². The number of nitrogens with one attached hydrogen (secondary N) is 1. The average molecular weight is 275 g/mol. The van der Waals surface area contributed by atoms with Crippen molar-refractivity contribution in [1.82, 2.24) is 5.32 Å². The number of para-hydroxylation sites is 1. The Hall–Kier alpha value is -1.81. The number of benzene rings is 1. The lowest BCUT2D eigenvalue weighted by atomic mass is 9.90. The lowest BCUT2D eigenvalue weighted by Gasteiger charge is -2.18. The molecule has 2 aromatic rings. The molecule has 0 unspecified atom stereocenters. The lowest BCUT2D eigenvalue weighted by molar-refractivity contribution is -0.147. The number of hydrogen-bond acceptors (Lipinski definition) is 3. The van der Waals surface area contributed by atoms with Crippen LogP contribution in [0, 0.1) is 12.3 Å². The Morgan fingerprint density at radius 2 is 2.05 bits per heavy atom. The van der Waals surface area contributed by atoms with Crippen molar-refractivity contribution in [3.63, 3.8) is 0 Å². The van der Waals surface area contributed by atoms with Gasteiger partial charge in [-0.2, -0.15) is 0 Å². The van der Waals surface area contributed by atoms with Crippen LogP contribution in [0.25, 0.3) is 11.0 Å². The van der Waals surface area contributed by atoms with Crippen LogP contribution in [0.1, 0.15) is 31.6 Å². The number of rotatable bonds is 6. The molecule has 0 radical (unpaired) electrons. The molecule has 20 heavy (non-hydrogen) atoms. The SMILES string of the molecule is Cc1oc2ccccc2c1CNCCC(C)(C)C(=O)O. The van der Waals surface area contributed by atoms with Crippen molar-refractivity contribution in [2.75, 3.05) is 6.54 Å². The Morgan fingerprint density at radius 3 is 2.75 bits per heavy atom. The van der Waals surface area contributed by atoms with Gasteiger partial charge < -0.3 is 14.8 Å². The fourth-order valence-electron chi connectivity index (χ4n) is 2.16. The van der Waals surface area contributed by atoms with Gasteiger partial charge in [-0.1, -0.05) is 18.2 Å². The van der Waals surface area contributed by atoms with E-state index in [0.717, 1.165) is 22.3 Å². The minimum atomic E-state index is -0.760. The van der Waals surface area contributed by atoms with Crippen LogP contribution in [0.15, 0.2) is 28.7 Å². The summed E-state index contributed by atoms with van der Waals surface area (Å²) in [4.78, 5) is 11.0. The fourth-order valence-corrected chi connectivity index (χ4v) is 2.16. The molecular weight excluding hydrogens is 254 g/mol. The molecule has 0 aliphatic heterocycles. The van der Waals surface area contributed by atoms with Gasteiger partial charge in [-0.25, -0.2) is 0 Å². The molecule has 0 saturated carbocycles. The van der Waals surface area contributed by atoms with Gasteiger partial charge in [0.25, 0.3) is 0 Å². The number of carboxylic acid groups (broad SMARTS) is 1. The molecule has 0 aliphatic carbocycles. The smallest absolute Gasteiger partial charge is 0.309 e. The molecule has 0 atom stereocenters. The van der Waals surface area contributed by atoms with Crippen molar-refractivity contribution in [2.45, 2.75) is 33.7 Å². The third-order valence-electron chi connectivity index (χ3n) is 3.71. The number of aliphatic carboxylic acids is 1.